The first-order valence-electron chi connectivity index (χ1n) is 11.1. The molecule has 0 bridgehead atoms. The van der Waals surface area contributed by atoms with Gasteiger partial charge in [-0.2, -0.15) is 4.31 Å². The topological polar surface area (TPSA) is 82.6 Å². The van der Waals surface area contributed by atoms with Crippen LogP contribution in [0.15, 0.2) is 41.4 Å². The van der Waals surface area contributed by atoms with Gasteiger partial charge in [-0.25, -0.2) is 8.42 Å². The molecule has 2 aliphatic rings. The van der Waals surface area contributed by atoms with E-state index in [1.807, 2.05) is 6.92 Å². The highest BCUT2D eigenvalue weighted by molar-refractivity contribution is 7.89. The Balaban J connectivity index is 1.69. The number of amides is 1. The number of carbonyl (C=O) groups is 1. The number of piperidine rings is 2. The Bertz CT molecular complexity index is 1040. The van der Waals surface area contributed by atoms with Crippen LogP contribution in [0.3, 0.4) is 0 Å². The number of benzene rings is 1. The summed E-state index contributed by atoms with van der Waals surface area (Å²) in [7, 11) is -3.68. The normalized spacial score (nSPS) is 18.0. The summed E-state index contributed by atoms with van der Waals surface area (Å²) >= 11 is 0. The fourth-order valence-corrected chi connectivity index (χ4v) is 6.08. The Morgan fingerprint density at radius 3 is 2.29 bits per heavy atom. The van der Waals surface area contributed by atoms with Gasteiger partial charge in [0.15, 0.2) is 0 Å². The number of anilines is 2. The lowest BCUT2D eigenvalue weighted by molar-refractivity contribution is 0.102. The number of nitrogens with one attached hydrogen (secondary N) is 1. The van der Waals surface area contributed by atoms with Crippen molar-refractivity contribution in [3.8, 4) is 0 Å². The minimum absolute atomic E-state index is 0.245. The Morgan fingerprint density at radius 2 is 1.61 bits per heavy atom. The van der Waals surface area contributed by atoms with E-state index in [9.17, 15) is 13.2 Å². The smallest absolute Gasteiger partial charge is 0.255 e. The molecule has 1 amide bonds. The highest BCUT2D eigenvalue weighted by Gasteiger charge is 2.31. The van der Waals surface area contributed by atoms with Crippen molar-refractivity contribution in [2.75, 3.05) is 36.4 Å². The zero-order chi connectivity index (χ0) is 21.8. The Hall–Kier alpha value is -2.45. The molecule has 2 saturated heterocycles. The van der Waals surface area contributed by atoms with Crippen LogP contribution in [0.4, 0.5) is 11.4 Å². The summed E-state index contributed by atoms with van der Waals surface area (Å²) in [5.74, 6) is -0.328. The third kappa shape index (κ3) is 4.91. The van der Waals surface area contributed by atoms with Gasteiger partial charge in [-0.15, -0.1) is 0 Å². The average Bonchev–Trinajstić information content (AvgIpc) is 2.80. The van der Waals surface area contributed by atoms with Gasteiger partial charge in [-0.3, -0.25) is 9.78 Å². The van der Waals surface area contributed by atoms with Crippen LogP contribution < -0.4 is 10.2 Å². The van der Waals surface area contributed by atoms with E-state index in [2.05, 4.69) is 15.2 Å². The third-order valence-electron chi connectivity index (χ3n) is 6.01. The summed E-state index contributed by atoms with van der Waals surface area (Å²) in [6, 6.07) is 8.58. The summed E-state index contributed by atoms with van der Waals surface area (Å²) in [5, 5.41) is 2.86. The van der Waals surface area contributed by atoms with Crippen molar-refractivity contribution >= 4 is 27.3 Å². The predicted octanol–water partition coefficient (Wildman–Crippen LogP) is 3.81. The molecule has 2 aliphatic heterocycles. The molecule has 0 aliphatic carbocycles. The van der Waals surface area contributed by atoms with Gasteiger partial charge in [0.05, 0.1) is 5.69 Å². The van der Waals surface area contributed by atoms with Gasteiger partial charge >= 0.3 is 0 Å². The van der Waals surface area contributed by atoms with Crippen LogP contribution in [0.1, 0.15) is 54.6 Å². The lowest BCUT2D eigenvalue weighted by Crippen LogP contribution is -2.37. The van der Waals surface area contributed by atoms with Crippen molar-refractivity contribution in [3.05, 3.63) is 47.8 Å². The van der Waals surface area contributed by atoms with Gasteiger partial charge in [-0.05, 0) is 69.4 Å². The summed E-state index contributed by atoms with van der Waals surface area (Å²) in [4.78, 5) is 19.4. The molecule has 1 aromatic heterocycles. The molecule has 31 heavy (non-hydrogen) atoms. The van der Waals surface area contributed by atoms with Crippen molar-refractivity contribution in [1.29, 1.82) is 0 Å². The molecule has 0 atom stereocenters. The van der Waals surface area contributed by atoms with Crippen LogP contribution in [0.25, 0.3) is 0 Å². The molecule has 2 fully saturated rings. The number of nitrogens with zero attached hydrogens (tertiary/aromatic N) is 3. The zero-order valence-electron chi connectivity index (χ0n) is 18.0. The number of aromatic nitrogens is 1. The molecule has 8 heteroatoms. The molecular formula is C23H30N4O3S. The molecule has 4 rings (SSSR count). The van der Waals surface area contributed by atoms with Crippen molar-refractivity contribution in [3.63, 3.8) is 0 Å². The second-order valence-corrected chi connectivity index (χ2v) is 10.2. The van der Waals surface area contributed by atoms with Gasteiger partial charge in [0.2, 0.25) is 10.0 Å². The van der Waals surface area contributed by atoms with Crippen molar-refractivity contribution in [2.24, 2.45) is 0 Å². The van der Waals surface area contributed by atoms with E-state index in [4.69, 9.17) is 0 Å². The molecule has 1 aromatic carbocycles. The minimum atomic E-state index is -3.68. The van der Waals surface area contributed by atoms with Gasteiger partial charge in [0.25, 0.3) is 5.91 Å². The van der Waals surface area contributed by atoms with Crippen LogP contribution in [-0.2, 0) is 10.0 Å². The van der Waals surface area contributed by atoms with E-state index in [1.54, 1.807) is 40.8 Å². The molecule has 7 nitrogen and oxygen atoms in total. The lowest BCUT2D eigenvalue weighted by atomic mass is 10.1. The highest BCUT2D eigenvalue weighted by Crippen LogP contribution is 2.32. The fraction of sp³-hybridized carbons (Fsp3) is 0.478. The first-order chi connectivity index (χ1) is 14.9. The SMILES string of the molecule is Cc1cc(NC(=O)c2ccc(N3CCCCC3)c(S(=O)(=O)N3CCCCC3)c2)ccn1. The summed E-state index contributed by atoms with van der Waals surface area (Å²) < 4.78 is 28.8. The van der Waals surface area contributed by atoms with Crippen LogP contribution in [0.5, 0.6) is 0 Å². The van der Waals surface area contributed by atoms with Crippen LogP contribution in [0.2, 0.25) is 0 Å². The quantitative estimate of drug-likeness (QED) is 0.761. The Kier molecular flexibility index (Phi) is 6.57. The first kappa shape index (κ1) is 21.8. The molecule has 0 spiro atoms. The second kappa shape index (κ2) is 9.36. The molecular weight excluding hydrogens is 412 g/mol. The van der Waals surface area contributed by atoms with Crippen LogP contribution >= 0.6 is 0 Å². The highest BCUT2D eigenvalue weighted by atomic mass is 32.2. The molecule has 3 heterocycles. The molecule has 0 unspecified atom stereocenters. The molecule has 0 saturated carbocycles. The number of hydrogen-bond donors (Lipinski definition) is 1. The molecule has 2 aromatic rings. The number of hydrogen-bond acceptors (Lipinski definition) is 5. The number of pyridine rings is 1. The predicted molar refractivity (Wildman–Crippen MR) is 122 cm³/mol. The third-order valence-corrected chi connectivity index (χ3v) is 7.93. The van der Waals surface area contributed by atoms with E-state index in [1.165, 1.54) is 0 Å². The lowest BCUT2D eigenvalue weighted by Gasteiger charge is -2.33. The number of aryl methyl sites for hydroxylation is 1. The van der Waals surface area contributed by atoms with E-state index in [0.717, 1.165) is 57.3 Å². The maximum Gasteiger partial charge on any atom is 0.255 e. The summed E-state index contributed by atoms with van der Waals surface area (Å²) in [6.45, 7) is 4.60. The standard InChI is InChI=1S/C23H30N4O3S/c1-18-16-20(10-11-24-18)25-23(28)19-8-9-21(26-12-4-2-5-13-26)22(17-19)31(29,30)27-14-6-3-7-15-27/h8-11,16-17H,2-7,12-15H2,1H3,(H,24,25,28). The van der Waals surface area contributed by atoms with Crippen molar-refractivity contribution in [2.45, 2.75) is 50.3 Å². The summed E-state index contributed by atoms with van der Waals surface area (Å²) in [5.41, 5.74) is 2.48. The van der Waals surface area contributed by atoms with Crippen LogP contribution in [-0.4, -0.2) is 49.8 Å². The van der Waals surface area contributed by atoms with Gasteiger partial charge in [0, 0.05) is 49.3 Å². The maximum atomic E-state index is 13.6. The molecule has 0 radical (unpaired) electrons. The number of carbonyl (C=O) groups excluding carboxylic acids is 1. The largest absolute Gasteiger partial charge is 0.370 e. The summed E-state index contributed by atoms with van der Waals surface area (Å²) in [6.07, 6.45) is 7.70. The second-order valence-electron chi connectivity index (χ2n) is 8.33. The maximum absolute atomic E-state index is 13.6. The number of sulfonamides is 1. The van der Waals surface area contributed by atoms with Crippen LogP contribution in [0, 0.1) is 6.92 Å². The fourth-order valence-electron chi connectivity index (χ4n) is 4.33. The van der Waals surface area contributed by atoms with E-state index < -0.39 is 10.0 Å². The monoisotopic (exact) mass is 442 g/mol. The van der Waals surface area contributed by atoms with Crippen molar-refractivity contribution in [1.82, 2.24) is 9.29 Å². The first-order valence-corrected chi connectivity index (χ1v) is 12.5. The zero-order valence-corrected chi connectivity index (χ0v) is 18.8. The van der Waals surface area contributed by atoms with Gasteiger partial charge < -0.3 is 10.2 Å². The average molecular weight is 443 g/mol. The molecule has 166 valence electrons. The van der Waals surface area contributed by atoms with E-state index >= 15 is 0 Å². The van der Waals surface area contributed by atoms with Gasteiger partial charge in [-0.1, -0.05) is 6.42 Å². The van der Waals surface area contributed by atoms with Gasteiger partial charge in [0.1, 0.15) is 4.90 Å². The Labute approximate surface area is 184 Å². The minimum Gasteiger partial charge on any atom is -0.370 e. The van der Waals surface area contributed by atoms with E-state index in [0.29, 0.717) is 30.0 Å². The van der Waals surface area contributed by atoms with Crippen molar-refractivity contribution < 1.29 is 13.2 Å². The molecule has 1 N–H and O–H groups in total. The number of rotatable bonds is 5. The van der Waals surface area contributed by atoms with E-state index in [-0.39, 0.29) is 10.8 Å². The Morgan fingerprint density at radius 1 is 0.935 bits per heavy atom.